The molecule has 11 heavy (non-hydrogen) atoms. The summed E-state index contributed by atoms with van der Waals surface area (Å²) in [5.74, 6) is 1.78. The quantitative estimate of drug-likeness (QED) is 0.594. The standard InChI is InChI=1S/C8H10O2S/c1-5-6(2)10-8-4-11-3-7(8)9-5/h3-6H,1-2H3. The molecule has 0 aromatic carbocycles. The van der Waals surface area contributed by atoms with E-state index < -0.39 is 0 Å². The average Bonchev–Trinajstić information content (AvgIpc) is 2.36. The van der Waals surface area contributed by atoms with Crippen molar-refractivity contribution in [2.75, 3.05) is 0 Å². The summed E-state index contributed by atoms with van der Waals surface area (Å²) in [6, 6.07) is 0. The molecular formula is C8H10O2S. The summed E-state index contributed by atoms with van der Waals surface area (Å²) in [5, 5.41) is 3.94. The van der Waals surface area contributed by atoms with E-state index in [-0.39, 0.29) is 12.2 Å². The minimum Gasteiger partial charge on any atom is -0.482 e. The molecular weight excluding hydrogens is 160 g/mol. The second-order valence-corrected chi connectivity index (χ2v) is 3.49. The van der Waals surface area contributed by atoms with Crippen LogP contribution in [0.3, 0.4) is 0 Å². The summed E-state index contributed by atoms with van der Waals surface area (Å²) in [6.45, 7) is 4.04. The molecule has 0 radical (unpaired) electrons. The molecule has 1 aromatic rings. The molecule has 0 amide bonds. The Hall–Kier alpha value is -0.700. The van der Waals surface area contributed by atoms with Crippen molar-refractivity contribution in [3.63, 3.8) is 0 Å². The van der Waals surface area contributed by atoms with Gasteiger partial charge in [-0.3, -0.25) is 0 Å². The summed E-state index contributed by atoms with van der Waals surface area (Å²) in [6.07, 6.45) is 0.328. The van der Waals surface area contributed by atoms with Crippen molar-refractivity contribution in [1.29, 1.82) is 0 Å². The first-order valence-corrected chi connectivity index (χ1v) is 4.61. The van der Waals surface area contributed by atoms with Crippen molar-refractivity contribution >= 4 is 11.3 Å². The fraction of sp³-hybridized carbons (Fsp3) is 0.500. The zero-order valence-corrected chi connectivity index (χ0v) is 7.35. The molecule has 2 nitrogen and oxygen atoms in total. The highest BCUT2D eigenvalue weighted by molar-refractivity contribution is 7.08. The van der Waals surface area contributed by atoms with Crippen LogP contribution < -0.4 is 9.47 Å². The summed E-state index contributed by atoms with van der Waals surface area (Å²) in [7, 11) is 0. The molecule has 60 valence electrons. The molecule has 0 N–H and O–H groups in total. The van der Waals surface area contributed by atoms with Crippen LogP contribution in [-0.2, 0) is 0 Å². The molecule has 0 spiro atoms. The van der Waals surface area contributed by atoms with Gasteiger partial charge in [-0.1, -0.05) is 0 Å². The Balaban J connectivity index is 2.30. The van der Waals surface area contributed by atoms with Gasteiger partial charge in [-0.2, -0.15) is 0 Å². The lowest BCUT2D eigenvalue weighted by Gasteiger charge is -2.27. The molecule has 3 heteroatoms. The normalized spacial score (nSPS) is 28.5. The summed E-state index contributed by atoms with van der Waals surface area (Å²) in [5.41, 5.74) is 0. The predicted molar refractivity (Wildman–Crippen MR) is 44.5 cm³/mol. The minimum atomic E-state index is 0.164. The lowest BCUT2D eigenvalue weighted by atomic mass is 10.2. The molecule has 0 saturated carbocycles. The van der Waals surface area contributed by atoms with Crippen molar-refractivity contribution < 1.29 is 9.47 Å². The van der Waals surface area contributed by atoms with Crippen LogP contribution in [0.1, 0.15) is 13.8 Å². The molecule has 2 rings (SSSR count). The predicted octanol–water partition coefficient (Wildman–Crippen LogP) is 2.30. The van der Waals surface area contributed by atoms with Crippen LogP contribution in [0.4, 0.5) is 0 Å². The average molecular weight is 170 g/mol. The monoisotopic (exact) mass is 170 g/mol. The van der Waals surface area contributed by atoms with E-state index in [0.717, 1.165) is 11.5 Å². The summed E-state index contributed by atoms with van der Waals surface area (Å²) >= 11 is 1.61. The van der Waals surface area contributed by atoms with Gasteiger partial charge < -0.3 is 9.47 Å². The van der Waals surface area contributed by atoms with Crippen molar-refractivity contribution in [3.8, 4) is 11.5 Å². The van der Waals surface area contributed by atoms with Gasteiger partial charge in [0.05, 0.1) is 0 Å². The van der Waals surface area contributed by atoms with Gasteiger partial charge in [-0.15, -0.1) is 11.3 Å². The van der Waals surface area contributed by atoms with Gasteiger partial charge in [-0.25, -0.2) is 0 Å². The Morgan fingerprint density at radius 3 is 2.00 bits per heavy atom. The molecule has 1 aromatic heterocycles. The van der Waals surface area contributed by atoms with E-state index in [0.29, 0.717) is 0 Å². The molecule has 0 bridgehead atoms. The maximum atomic E-state index is 5.57. The fourth-order valence-corrected chi connectivity index (χ4v) is 1.70. The van der Waals surface area contributed by atoms with Gasteiger partial charge in [0, 0.05) is 10.8 Å². The Labute approximate surface area is 69.8 Å². The van der Waals surface area contributed by atoms with Gasteiger partial charge >= 0.3 is 0 Å². The van der Waals surface area contributed by atoms with Crippen LogP contribution in [0.5, 0.6) is 11.5 Å². The molecule has 2 unspecified atom stereocenters. The zero-order valence-electron chi connectivity index (χ0n) is 6.53. The minimum absolute atomic E-state index is 0.164. The lowest BCUT2D eigenvalue weighted by molar-refractivity contribution is 0.0442. The van der Waals surface area contributed by atoms with Crippen molar-refractivity contribution in [1.82, 2.24) is 0 Å². The van der Waals surface area contributed by atoms with E-state index in [4.69, 9.17) is 9.47 Å². The van der Waals surface area contributed by atoms with E-state index in [1.54, 1.807) is 11.3 Å². The number of hydrogen-bond donors (Lipinski definition) is 0. The number of rotatable bonds is 0. The summed E-state index contributed by atoms with van der Waals surface area (Å²) < 4.78 is 11.1. The smallest absolute Gasteiger partial charge is 0.172 e. The maximum absolute atomic E-state index is 5.57. The number of fused-ring (bicyclic) bond motifs is 1. The second kappa shape index (κ2) is 2.41. The van der Waals surface area contributed by atoms with Gasteiger partial charge in [0.2, 0.25) is 0 Å². The first-order valence-electron chi connectivity index (χ1n) is 3.67. The Bertz CT molecular complexity index is 232. The molecule has 0 fully saturated rings. The molecule has 2 heterocycles. The Morgan fingerprint density at radius 2 is 1.55 bits per heavy atom. The molecule has 1 aliphatic rings. The van der Waals surface area contributed by atoms with Crippen LogP contribution in [0.15, 0.2) is 10.8 Å². The van der Waals surface area contributed by atoms with Gasteiger partial charge in [0.15, 0.2) is 11.5 Å². The number of thiophene rings is 1. The van der Waals surface area contributed by atoms with E-state index in [1.165, 1.54) is 0 Å². The van der Waals surface area contributed by atoms with Gasteiger partial charge in [0.1, 0.15) is 12.2 Å². The summed E-state index contributed by atoms with van der Waals surface area (Å²) in [4.78, 5) is 0. The highest BCUT2D eigenvalue weighted by atomic mass is 32.1. The van der Waals surface area contributed by atoms with Crippen LogP contribution in [0.2, 0.25) is 0 Å². The van der Waals surface area contributed by atoms with Crippen LogP contribution in [0.25, 0.3) is 0 Å². The van der Waals surface area contributed by atoms with Crippen LogP contribution >= 0.6 is 11.3 Å². The second-order valence-electron chi connectivity index (χ2n) is 2.75. The first-order chi connectivity index (χ1) is 5.27. The van der Waals surface area contributed by atoms with E-state index in [2.05, 4.69) is 0 Å². The van der Waals surface area contributed by atoms with E-state index in [1.807, 2.05) is 24.6 Å². The highest BCUT2D eigenvalue weighted by Crippen LogP contribution is 2.36. The Morgan fingerprint density at radius 1 is 1.09 bits per heavy atom. The van der Waals surface area contributed by atoms with Gasteiger partial charge in [0.25, 0.3) is 0 Å². The van der Waals surface area contributed by atoms with Crippen molar-refractivity contribution in [2.24, 2.45) is 0 Å². The van der Waals surface area contributed by atoms with E-state index >= 15 is 0 Å². The fourth-order valence-electron chi connectivity index (χ4n) is 1.04. The highest BCUT2D eigenvalue weighted by Gasteiger charge is 2.24. The largest absolute Gasteiger partial charge is 0.482 e. The Kier molecular flexibility index (Phi) is 1.53. The number of hydrogen-bond acceptors (Lipinski definition) is 3. The van der Waals surface area contributed by atoms with Crippen molar-refractivity contribution in [3.05, 3.63) is 10.8 Å². The third-order valence-corrected chi connectivity index (χ3v) is 2.58. The molecule has 2 atom stereocenters. The topological polar surface area (TPSA) is 18.5 Å². The van der Waals surface area contributed by atoms with Crippen LogP contribution in [0, 0.1) is 0 Å². The first kappa shape index (κ1) is 6.98. The van der Waals surface area contributed by atoms with Crippen LogP contribution in [-0.4, -0.2) is 12.2 Å². The number of ether oxygens (including phenoxy) is 2. The molecule has 1 aliphatic heterocycles. The van der Waals surface area contributed by atoms with Crippen molar-refractivity contribution in [2.45, 2.75) is 26.1 Å². The third kappa shape index (κ3) is 1.09. The molecule has 0 saturated heterocycles. The van der Waals surface area contributed by atoms with E-state index in [9.17, 15) is 0 Å². The lowest BCUT2D eigenvalue weighted by Crippen LogP contribution is -2.34. The molecule has 0 aliphatic carbocycles. The van der Waals surface area contributed by atoms with Gasteiger partial charge in [-0.05, 0) is 13.8 Å². The maximum Gasteiger partial charge on any atom is 0.172 e. The zero-order chi connectivity index (χ0) is 7.84. The third-order valence-electron chi connectivity index (χ3n) is 1.88. The SMILES string of the molecule is CC1Oc2cscc2OC1C.